The molecule has 3 rings (SSSR count). The minimum atomic E-state index is -0.00722. The van der Waals surface area contributed by atoms with E-state index < -0.39 is 0 Å². The Bertz CT molecular complexity index is 1020. The Morgan fingerprint density at radius 3 is 2.59 bits per heavy atom. The van der Waals surface area contributed by atoms with Crippen molar-refractivity contribution < 1.29 is 4.79 Å². The summed E-state index contributed by atoms with van der Waals surface area (Å²) < 4.78 is 0.991. The van der Waals surface area contributed by atoms with E-state index in [1.54, 1.807) is 0 Å². The number of pyridine rings is 1. The number of anilines is 1. The summed E-state index contributed by atoms with van der Waals surface area (Å²) in [4.78, 5) is 22.2. The molecule has 27 heavy (non-hydrogen) atoms. The lowest BCUT2D eigenvalue weighted by atomic mass is 10.1. The van der Waals surface area contributed by atoms with Crippen LogP contribution in [0.1, 0.15) is 43.6 Å². The molecule has 0 aliphatic carbocycles. The van der Waals surface area contributed by atoms with Crippen LogP contribution < -0.4 is 5.32 Å². The lowest BCUT2D eigenvalue weighted by Crippen LogP contribution is -2.16. The number of thiophene rings is 1. The summed E-state index contributed by atoms with van der Waals surface area (Å²) in [6.45, 7) is 8.08. The standard InChI is InChI=1S/C22H23N3OS/c1-5-15(4)22(23-14(2)3)25-19-12-11-18-20(24-19)17(13-27-18)21(26)16-9-7-6-8-10-16/h5-14H,1-4H3,(H,23,24,25)/b15-5-. The van der Waals surface area contributed by atoms with Gasteiger partial charge in [-0.1, -0.05) is 36.4 Å². The van der Waals surface area contributed by atoms with Gasteiger partial charge in [0.2, 0.25) is 0 Å². The van der Waals surface area contributed by atoms with E-state index in [0.717, 1.165) is 21.6 Å². The molecule has 0 spiro atoms. The molecule has 0 unspecified atom stereocenters. The molecule has 1 N–H and O–H groups in total. The Morgan fingerprint density at radius 2 is 1.93 bits per heavy atom. The van der Waals surface area contributed by atoms with Crippen molar-refractivity contribution in [3.05, 3.63) is 70.6 Å². The van der Waals surface area contributed by atoms with Gasteiger partial charge in [0.1, 0.15) is 11.7 Å². The van der Waals surface area contributed by atoms with Crippen LogP contribution >= 0.6 is 11.3 Å². The molecule has 5 heteroatoms. The Labute approximate surface area is 163 Å². The second-order valence-corrected chi connectivity index (χ2v) is 7.47. The summed E-state index contributed by atoms with van der Waals surface area (Å²) in [5, 5.41) is 5.20. The number of benzene rings is 1. The molecule has 0 fully saturated rings. The van der Waals surface area contributed by atoms with Crippen LogP contribution in [0.4, 0.5) is 5.82 Å². The van der Waals surface area contributed by atoms with E-state index >= 15 is 0 Å². The maximum atomic E-state index is 12.9. The first-order chi connectivity index (χ1) is 13.0. The Morgan fingerprint density at radius 1 is 1.19 bits per heavy atom. The summed E-state index contributed by atoms with van der Waals surface area (Å²) in [6.07, 6.45) is 2.02. The number of fused-ring (bicyclic) bond motifs is 1. The van der Waals surface area contributed by atoms with Gasteiger partial charge in [-0.05, 0) is 45.4 Å². The fourth-order valence-electron chi connectivity index (χ4n) is 2.64. The van der Waals surface area contributed by atoms with Gasteiger partial charge in [0.25, 0.3) is 0 Å². The van der Waals surface area contributed by atoms with Crippen molar-refractivity contribution in [2.24, 2.45) is 4.99 Å². The van der Waals surface area contributed by atoms with E-state index in [9.17, 15) is 4.79 Å². The maximum absolute atomic E-state index is 12.9. The van der Waals surface area contributed by atoms with Crippen LogP contribution in [-0.2, 0) is 0 Å². The summed E-state index contributed by atoms with van der Waals surface area (Å²) in [5.41, 5.74) is 3.08. The zero-order valence-electron chi connectivity index (χ0n) is 16.0. The predicted molar refractivity (Wildman–Crippen MR) is 115 cm³/mol. The highest BCUT2D eigenvalue weighted by Gasteiger charge is 2.16. The van der Waals surface area contributed by atoms with Gasteiger partial charge in [-0.15, -0.1) is 11.3 Å². The third-order valence-corrected chi connectivity index (χ3v) is 5.07. The SMILES string of the molecule is C/C=C(/C)C(=NC(C)C)Nc1ccc2scc(C(=O)c3ccccc3)c2n1. The second kappa shape index (κ2) is 8.27. The van der Waals surface area contributed by atoms with E-state index in [4.69, 9.17) is 4.98 Å². The van der Waals surface area contributed by atoms with Gasteiger partial charge >= 0.3 is 0 Å². The number of rotatable bonds is 5. The van der Waals surface area contributed by atoms with E-state index in [0.29, 0.717) is 16.9 Å². The molecule has 0 saturated heterocycles. The number of aromatic nitrogens is 1. The maximum Gasteiger partial charge on any atom is 0.196 e. The first kappa shape index (κ1) is 19.0. The van der Waals surface area contributed by atoms with Gasteiger partial charge in [-0.2, -0.15) is 0 Å². The van der Waals surface area contributed by atoms with Crippen LogP contribution in [0, 0.1) is 0 Å². The summed E-state index contributed by atoms with van der Waals surface area (Å²) in [6, 6.07) is 13.4. The van der Waals surface area contributed by atoms with Crippen molar-refractivity contribution in [2.45, 2.75) is 33.7 Å². The molecule has 0 aliphatic heterocycles. The van der Waals surface area contributed by atoms with Crippen LogP contribution in [0.15, 0.2) is 64.5 Å². The zero-order valence-corrected chi connectivity index (χ0v) is 16.8. The second-order valence-electron chi connectivity index (χ2n) is 6.56. The highest BCUT2D eigenvalue weighted by molar-refractivity contribution is 7.17. The molecule has 0 radical (unpaired) electrons. The molecule has 3 aromatic rings. The first-order valence-corrected chi connectivity index (χ1v) is 9.83. The third kappa shape index (κ3) is 4.31. The number of nitrogens with zero attached hydrogens (tertiary/aromatic N) is 2. The van der Waals surface area contributed by atoms with Gasteiger partial charge in [0.15, 0.2) is 5.78 Å². The number of carbonyl (C=O) groups excluding carboxylic acids is 1. The molecular weight excluding hydrogens is 354 g/mol. The van der Waals surface area contributed by atoms with Crippen molar-refractivity contribution in [1.82, 2.24) is 4.98 Å². The Balaban J connectivity index is 1.99. The Hall–Kier alpha value is -2.79. The van der Waals surface area contributed by atoms with Gasteiger partial charge in [-0.3, -0.25) is 9.79 Å². The molecule has 2 heterocycles. The summed E-state index contributed by atoms with van der Waals surface area (Å²) in [5.74, 6) is 1.47. The minimum Gasteiger partial charge on any atom is -0.325 e. The monoisotopic (exact) mass is 377 g/mol. The van der Waals surface area contributed by atoms with Gasteiger partial charge in [0.05, 0.1) is 15.8 Å². The zero-order chi connectivity index (χ0) is 19.4. The van der Waals surface area contributed by atoms with Crippen LogP contribution in [0.2, 0.25) is 0 Å². The number of hydrogen-bond donors (Lipinski definition) is 1. The van der Waals surface area contributed by atoms with Crippen LogP contribution in [0.5, 0.6) is 0 Å². The van der Waals surface area contributed by atoms with Crippen molar-refractivity contribution >= 4 is 39.0 Å². The van der Waals surface area contributed by atoms with Crippen molar-refractivity contribution in [1.29, 1.82) is 0 Å². The molecule has 2 aromatic heterocycles. The molecule has 0 amide bonds. The molecule has 138 valence electrons. The van der Waals surface area contributed by atoms with Crippen LogP contribution in [0.25, 0.3) is 10.2 Å². The molecular formula is C22H23N3OS. The van der Waals surface area contributed by atoms with E-state index in [1.807, 2.05) is 81.6 Å². The average molecular weight is 378 g/mol. The van der Waals surface area contributed by atoms with Gasteiger partial charge in [-0.25, -0.2) is 4.98 Å². The fourth-order valence-corrected chi connectivity index (χ4v) is 3.51. The topological polar surface area (TPSA) is 54.4 Å². The lowest BCUT2D eigenvalue weighted by molar-refractivity contribution is 0.104. The fraction of sp³-hybridized carbons (Fsp3) is 0.227. The average Bonchev–Trinajstić information content (AvgIpc) is 3.09. The van der Waals surface area contributed by atoms with Crippen LogP contribution in [-0.4, -0.2) is 22.6 Å². The molecule has 1 aromatic carbocycles. The van der Waals surface area contributed by atoms with E-state index in [1.165, 1.54) is 11.3 Å². The van der Waals surface area contributed by atoms with Crippen LogP contribution in [0.3, 0.4) is 0 Å². The lowest BCUT2D eigenvalue weighted by Gasteiger charge is -2.12. The normalized spacial score (nSPS) is 12.6. The van der Waals surface area contributed by atoms with E-state index in [2.05, 4.69) is 10.3 Å². The van der Waals surface area contributed by atoms with Crippen molar-refractivity contribution in [3.8, 4) is 0 Å². The number of nitrogens with one attached hydrogen (secondary N) is 1. The molecule has 0 bridgehead atoms. The summed E-state index contributed by atoms with van der Waals surface area (Å²) >= 11 is 1.53. The molecule has 4 nitrogen and oxygen atoms in total. The first-order valence-electron chi connectivity index (χ1n) is 8.95. The molecule has 0 atom stereocenters. The quantitative estimate of drug-likeness (QED) is 0.352. The number of hydrogen-bond acceptors (Lipinski definition) is 4. The van der Waals surface area contributed by atoms with Gasteiger partial charge < -0.3 is 5.32 Å². The van der Waals surface area contributed by atoms with E-state index in [-0.39, 0.29) is 11.8 Å². The smallest absolute Gasteiger partial charge is 0.196 e. The minimum absolute atomic E-state index is 0.00722. The highest BCUT2D eigenvalue weighted by Crippen LogP contribution is 2.28. The van der Waals surface area contributed by atoms with Crippen molar-refractivity contribution in [2.75, 3.05) is 5.32 Å². The number of aliphatic imine (C=N–C) groups is 1. The third-order valence-electron chi connectivity index (χ3n) is 4.14. The number of ketones is 1. The summed E-state index contributed by atoms with van der Waals surface area (Å²) in [7, 11) is 0. The highest BCUT2D eigenvalue weighted by atomic mass is 32.1. The largest absolute Gasteiger partial charge is 0.325 e. The number of amidine groups is 1. The van der Waals surface area contributed by atoms with Gasteiger partial charge in [0, 0.05) is 17.0 Å². The van der Waals surface area contributed by atoms with Crippen molar-refractivity contribution in [3.63, 3.8) is 0 Å². The molecule has 0 aliphatic rings. The number of allylic oxidation sites excluding steroid dienone is 1. The molecule has 0 saturated carbocycles. The number of carbonyl (C=O) groups is 1. The Kier molecular flexibility index (Phi) is 5.81. The predicted octanol–water partition coefficient (Wildman–Crippen LogP) is 5.71.